The van der Waals surface area contributed by atoms with E-state index >= 15 is 0 Å². The van der Waals surface area contributed by atoms with Crippen molar-refractivity contribution in [2.75, 3.05) is 42.0 Å². The van der Waals surface area contributed by atoms with E-state index < -0.39 is 20.0 Å². The fourth-order valence-corrected chi connectivity index (χ4v) is 6.42. The minimum absolute atomic E-state index is 0.0151. The highest BCUT2D eigenvalue weighted by Crippen LogP contribution is 2.27. The average molecular weight is 562 g/mol. The van der Waals surface area contributed by atoms with Gasteiger partial charge in [0.1, 0.15) is 0 Å². The Balaban J connectivity index is 1.53. The number of hydrogen-bond acceptors (Lipinski definition) is 7. The SMILES string of the molecule is CSc1ccc(S(=O)(=O)Nc2ccc(S(=O)(=O)Nc3ccc(C)cc3)cc2)cc1C(=O)N1CCOCC1. The van der Waals surface area contributed by atoms with Crippen molar-refractivity contribution in [3.05, 3.63) is 77.9 Å². The van der Waals surface area contributed by atoms with E-state index in [1.807, 2.05) is 13.2 Å². The van der Waals surface area contributed by atoms with Crippen LogP contribution < -0.4 is 9.44 Å². The van der Waals surface area contributed by atoms with E-state index in [1.165, 1.54) is 48.2 Å². The van der Waals surface area contributed by atoms with Crippen LogP contribution in [0.15, 0.2) is 81.4 Å². The molecule has 12 heteroatoms. The van der Waals surface area contributed by atoms with E-state index in [0.717, 1.165) is 5.56 Å². The molecular weight excluding hydrogens is 534 g/mol. The molecule has 37 heavy (non-hydrogen) atoms. The number of rotatable bonds is 8. The molecule has 2 N–H and O–H groups in total. The van der Waals surface area contributed by atoms with Gasteiger partial charge in [-0.15, -0.1) is 11.8 Å². The van der Waals surface area contributed by atoms with E-state index in [2.05, 4.69) is 9.44 Å². The highest BCUT2D eigenvalue weighted by molar-refractivity contribution is 7.98. The lowest BCUT2D eigenvalue weighted by Crippen LogP contribution is -2.40. The van der Waals surface area contributed by atoms with Crippen LogP contribution in [-0.4, -0.2) is 60.2 Å². The first kappa shape index (κ1) is 27.0. The van der Waals surface area contributed by atoms with Crippen LogP contribution >= 0.6 is 11.8 Å². The predicted molar refractivity (Wildman–Crippen MR) is 144 cm³/mol. The van der Waals surface area contributed by atoms with Crippen LogP contribution in [-0.2, 0) is 24.8 Å². The molecule has 0 aromatic heterocycles. The number of amides is 1. The topological polar surface area (TPSA) is 122 Å². The number of morpholine rings is 1. The summed E-state index contributed by atoms with van der Waals surface area (Å²) in [6.07, 6.45) is 1.82. The maximum absolute atomic E-state index is 13.1. The van der Waals surface area contributed by atoms with E-state index in [1.54, 1.807) is 35.2 Å². The molecule has 0 bridgehead atoms. The van der Waals surface area contributed by atoms with E-state index in [4.69, 9.17) is 4.74 Å². The molecule has 0 saturated carbocycles. The largest absolute Gasteiger partial charge is 0.378 e. The quantitative estimate of drug-likeness (QED) is 0.401. The van der Waals surface area contributed by atoms with E-state index in [-0.39, 0.29) is 21.4 Å². The summed E-state index contributed by atoms with van der Waals surface area (Å²) >= 11 is 1.36. The van der Waals surface area contributed by atoms with Crippen LogP contribution in [0.1, 0.15) is 15.9 Å². The molecule has 1 aliphatic heterocycles. The molecule has 0 aliphatic carbocycles. The Morgan fingerprint density at radius 1 is 0.811 bits per heavy atom. The Morgan fingerprint density at radius 2 is 1.32 bits per heavy atom. The van der Waals surface area contributed by atoms with Crippen LogP contribution in [0, 0.1) is 6.92 Å². The van der Waals surface area contributed by atoms with Gasteiger partial charge >= 0.3 is 0 Å². The Kier molecular flexibility index (Phi) is 8.12. The number of carbonyl (C=O) groups excluding carboxylic acids is 1. The summed E-state index contributed by atoms with van der Waals surface area (Å²) < 4.78 is 61.9. The molecule has 1 heterocycles. The standard InChI is InChI=1S/C25H27N3O6S3/c1-18-3-5-19(6-4-18)26-36(30,31)21-9-7-20(8-10-21)27-37(32,33)22-11-12-24(35-2)23(17-22)25(29)28-13-15-34-16-14-28/h3-12,17,26-27H,13-16H2,1-2H3. The second kappa shape index (κ2) is 11.1. The molecule has 1 aliphatic rings. The Bertz CT molecular complexity index is 1480. The van der Waals surface area contributed by atoms with Gasteiger partial charge in [-0.3, -0.25) is 14.2 Å². The fourth-order valence-electron chi connectivity index (χ4n) is 3.71. The maximum Gasteiger partial charge on any atom is 0.261 e. The molecule has 1 saturated heterocycles. The van der Waals surface area contributed by atoms with Crippen LogP contribution in [0.2, 0.25) is 0 Å². The lowest BCUT2D eigenvalue weighted by atomic mass is 10.2. The predicted octanol–water partition coefficient (Wildman–Crippen LogP) is 3.79. The Labute approximate surface area is 221 Å². The number of carbonyl (C=O) groups is 1. The molecule has 0 radical (unpaired) electrons. The van der Waals surface area contributed by atoms with Gasteiger partial charge in [0.15, 0.2) is 0 Å². The van der Waals surface area contributed by atoms with Crippen LogP contribution in [0.3, 0.4) is 0 Å². The lowest BCUT2D eigenvalue weighted by molar-refractivity contribution is 0.0300. The molecular formula is C25H27N3O6S3. The maximum atomic E-state index is 13.1. The molecule has 9 nitrogen and oxygen atoms in total. The molecule has 3 aromatic carbocycles. The van der Waals surface area contributed by atoms with Gasteiger partial charge in [-0.05, 0) is 67.8 Å². The molecule has 0 spiro atoms. The minimum Gasteiger partial charge on any atom is -0.378 e. The third kappa shape index (κ3) is 6.45. The number of nitrogens with zero attached hydrogens (tertiary/aromatic N) is 1. The zero-order valence-electron chi connectivity index (χ0n) is 20.3. The van der Waals surface area contributed by atoms with Gasteiger partial charge in [0.25, 0.3) is 26.0 Å². The lowest BCUT2D eigenvalue weighted by Gasteiger charge is -2.27. The molecule has 4 rings (SSSR count). The summed E-state index contributed by atoms with van der Waals surface area (Å²) in [5, 5.41) is 0. The van der Waals surface area contributed by atoms with Crippen molar-refractivity contribution in [3.8, 4) is 0 Å². The van der Waals surface area contributed by atoms with Crippen molar-refractivity contribution in [1.29, 1.82) is 0 Å². The number of ether oxygens (including phenoxy) is 1. The molecule has 3 aromatic rings. The third-order valence-electron chi connectivity index (χ3n) is 5.73. The number of aryl methyl sites for hydroxylation is 1. The highest BCUT2D eigenvalue weighted by atomic mass is 32.2. The summed E-state index contributed by atoms with van der Waals surface area (Å²) in [7, 11) is -7.90. The van der Waals surface area contributed by atoms with Crippen molar-refractivity contribution in [2.45, 2.75) is 21.6 Å². The molecule has 0 atom stereocenters. The van der Waals surface area contributed by atoms with Crippen molar-refractivity contribution in [1.82, 2.24) is 4.90 Å². The fraction of sp³-hybridized carbons (Fsp3) is 0.240. The number of sulfonamides is 2. The van der Waals surface area contributed by atoms with Crippen LogP contribution in [0.4, 0.5) is 11.4 Å². The molecule has 1 fully saturated rings. The number of thioether (sulfide) groups is 1. The summed E-state index contributed by atoms with van der Waals surface area (Å²) in [6.45, 7) is 3.65. The normalized spacial score (nSPS) is 14.3. The number of hydrogen-bond donors (Lipinski definition) is 2. The van der Waals surface area contributed by atoms with Crippen molar-refractivity contribution < 1.29 is 26.4 Å². The van der Waals surface area contributed by atoms with Crippen LogP contribution in [0.5, 0.6) is 0 Å². The van der Waals surface area contributed by atoms with Gasteiger partial charge < -0.3 is 9.64 Å². The molecule has 196 valence electrons. The first-order valence-electron chi connectivity index (χ1n) is 11.4. The van der Waals surface area contributed by atoms with Gasteiger partial charge in [0.2, 0.25) is 0 Å². The summed E-state index contributed by atoms with van der Waals surface area (Å²) in [5.74, 6) is -0.250. The zero-order chi connectivity index (χ0) is 26.6. The summed E-state index contributed by atoms with van der Waals surface area (Å²) in [4.78, 5) is 15.3. The van der Waals surface area contributed by atoms with Gasteiger partial charge in [0, 0.05) is 29.4 Å². The molecule has 1 amide bonds. The zero-order valence-corrected chi connectivity index (χ0v) is 22.8. The van der Waals surface area contributed by atoms with Crippen LogP contribution in [0.25, 0.3) is 0 Å². The highest BCUT2D eigenvalue weighted by Gasteiger charge is 2.24. The van der Waals surface area contributed by atoms with Crippen molar-refractivity contribution in [2.24, 2.45) is 0 Å². The summed E-state index contributed by atoms with van der Waals surface area (Å²) in [5.41, 5.74) is 1.91. The third-order valence-corrected chi connectivity index (χ3v) is 9.30. The molecule has 0 unspecified atom stereocenters. The second-order valence-corrected chi connectivity index (χ2v) is 12.6. The van der Waals surface area contributed by atoms with Gasteiger partial charge in [-0.25, -0.2) is 16.8 Å². The number of anilines is 2. The minimum atomic E-state index is -4.05. The van der Waals surface area contributed by atoms with Gasteiger partial charge in [0.05, 0.1) is 28.6 Å². The summed E-state index contributed by atoms with van der Waals surface area (Å²) in [6, 6.07) is 16.7. The van der Waals surface area contributed by atoms with Gasteiger partial charge in [-0.1, -0.05) is 17.7 Å². The smallest absolute Gasteiger partial charge is 0.261 e. The Morgan fingerprint density at radius 3 is 1.89 bits per heavy atom. The van der Waals surface area contributed by atoms with Crippen molar-refractivity contribution in [3.63, 3.8) is 0 Å². The van der Waals surface area contributed by atoms with E-state index in [9.17, 15) is 21.6 Å². The number of nitrogens with one attached hydrogen (secondary N) is 2. The first-order valence-corrected chi connectivity index (χ1v) is 15.6. The first-order chi connectivity index (χ1) is 17.6. The average Bonchev–Trinajstić information content (AvgIpc) is 2.89. The van der Waals surface area contributed by atoms with E-state index in [0.29, 0.717) is 42.4 Å². The monoisotopic (exact) mass is 561 g/mol. The van der Waals surface area contributed by atoms with Crippen molar-refractivity contribution >= 4 is 49.1 Å². The second-order valence-electron chi connectivity index (χ2n) is 8.37. The number of benzene rings is 3. The Hall–Kier alpha value is -3.06. The van der Waals surface area contributed by atoms with Gasteiger partial charge in [-0.2, -0.15) is 0 Å².